The Bertz CT molecular complexity index is 1610. The van der Waals surface area contributed by atoms with Crippen molar-refractivity contribution in [2.24, 2.45) is 0 Å². The van der Waals surface area contributed by atoms with Gasteiger partial charge in [-0.1, -0.05) is 18.2 Å². The predicted molar refractivity (Wildman–Crippen MR) is 167 cm³/mol. The number of carbonyl (C=O) groups excluding carboxylic acids is 1. The van der Waals surface area contributed by atoms with Gasteiger partial charge in [0.1, 0.15) is 28.8 Å². The summed E-state index contributed by atoms with van der Waals surface area (Å²) in [5.41, 5.74) is 4.02. The van der Waals surface area contributed by atoms with E-state index < -0.39 is 12.9 Å². The molecule has 242 valence electrons. The van der Waals surface area contributed by atoms with E-state index in [4.69, 9.17) is 9.47 Å². The van der Waals surface area contributed by atoms with Crippen LogP contribution in [0.4, 0.5) is 30.8 Å². The van der Waals surface area contributed by atoms with Crippen LogP contribution in [0.25, 0.3) is 11.3 Å². The standard InChI is InChI=1S/C34H33F2N2O3.BF4/c1-34(2,3)41-33(39)38-20-18-37(19-21-38)30-15-4-24(5-16-30)6-17-31-22-27(25-7-11-28(35)12-8-25)23-32(40-31)26-9-13-29(36)14-10-26;2-1(3,4)5/h4-17,22-23H,18-21H2,1-3H3;/q+1;-1/b31-17+;. The van der Waals surface area contributed by atoms with Gasteiger partial charge in [-0.25, -0.2) is 18.2 Å². The first-order valence-electron chi connectivity index (χ1n) is 14.5. The van der Waals surface area contributed by atoms with Gasteiger partial charge in [0, 0.05) is 17.7 Å². The van der Waals surface area contributed by atoms with Crippen molar-refractivity contribution in [3.63, 3.8) is 0 Å². The second-order valence-electron chi connectivity index (χ2n) is 11.5. The lowest BCUT2D eigenvalue weighted by Gasteiger charge is -2.29. The normalized spacial score (nSPS) is 17.5. The Labute approximate surface area is 263 Å². The molecule has 0 aromatic heterocycles. The fraction of sp³-hybridized carbons (Fsp3) is 0.235. The second-order valence-corrected chi connectivity index (χ2v) is 11.5. The van der Waals surface area contributed by atoms with E-state index in [2.05, 4.69) is 16.7 Å². The third-order valence-electron chi connectivity index (χ3n) is 6.75. The van der Waals surface area contributed by atoms with Gasteiger partial charge >= 0.3 is 13.3 Å². The number of benzene rings is 2. The van der Waals surface area contributed by atoms with Gasteiger partial charge < -0.3 is 26.7 Å². The summed E-state index contributed by atoms with van der Waals surface area (Å²) in [6.07, 6.45) is 15.6. The Kier molecular flexibility index (Phi) is 10.8. The third kappa shape index (κ3) is 10.7. The van der Waals surface area contributed by atoms with Crippen molar-refractivity contribution < 1.29 is 44.9 Å². The van der Waals surface area contributed by atoms with Gasteiger partial charge in [-0.15, -0.1) is 0 Å². The van der Waals surface area contributed by atoms with Gasteiger partial charge in [0.15, 0.2) is 18.8 Å². The number of halogens is 6. The van der Waals surface area contributed by atoms with Crippen LogP contribution in [0.1, 0.15) is 31.9 Å². The molecule has 0 saturated carbocycles. The highest BCUT2D eigenvalue weighted by Gasteiger charge is 2.28. The lowest BCUT2D eigenvalue weighted by molar-refractivity contribution is -0.536. The summed E-state index contributed by atoms with van der Waals surface area (Å²) < 4.78 is 80.0. The molecule has 0 bridgehead atoms. The summed E-state index contributed by atoms with van der Waals surface area (Å²) >= 11 is 0. The lowest BCUT2D eigenvalue weighted by Crippen LogP contribution is -2.48. The van der Waals surface area contributed by atoms with E-state index in [0.717, 1.165) is 41.1 Å². The van der Waals surface area contributed by atoms with Gasteiger partial charge in [-0.05, 0) is 104 Å². The first kappa shape index (κ1) is 34.1. The summed E-state index contributed by atoms with van der Waals surface area (Å²) in [7, 11) is -6.00. The van der Waals surface area contributed by atoms with E-state index in [1.54, 1.807) is 29.2 Å². The minimum absolute atomic E-state index is 0.269. The van der Waals surface area contributed by atoms with Gasteiger partial charge in [-0.2, -0.15) is 0 Å². The molecule has 12 heteroatoms. The van der Waals surface area contributed by atoms with Crippen LogP contribution >= 0.6 is 0 Å². The van der Waals surface area contributed by atoms with Crippen molar-refractivity contribution in [3.8, 4) is 0 Å². The van der Waals surface area contributed by atoms with E-state index >= 15 is 0 Å². The van der Waals surface area contributed by atoms with Crippen LogP contribution in [0.5, 0.6) is 0 Å². The highest BCUT2D eigenvalue weighted by atomic mass is 19.5. The largest absolute Gasteiger partial charge is 0.673 e. The molecule has 0 radical (unpaired) electrons. The molecule has 0 spiro atoms. The molecule has 2 aromatic rings. The maximum Gasteiger partial charge on any atom is 0.673 e. The Morgan fingerprint density at radius 1 is 0.826 bits per heavy atom. The topological polar surface area (TPSA) is 41.8 Å². The number of hydrogen-bond acceptors (Lipinski definition) is 3. The van der Waals surface area contributed by atoms with E-state index in [1.165, 1.54) is 24.3 Å². The van der Waals surface area contributed by atoms with Crippen LogP contribution in [0.2, 0.25) is 0 Å². The molecule has 5 nitrogen and oxygen atoms in total. The summed E-state index contributed by atoms with van der Waals surface area (Å²) in [6.45, 7) is 8.30. The smallest absolute Gasteiger partial charge is 0.457 e. The monoisotopic (exact) mass is 642 g/mol. The molecule has 5 rings (SSSR count). The zero-order chi connectivity index (χ0) is 33.5. The highest BCUT2D eigenvalue weighted by molar-refractivity contribution is 6.50. The number of nitrogens with zero attached hydrogens (tertiary/aromatic N) is 2. The summed E-state index contributed by atoms with van der Waals surface area (Å²) in [6, 6.07) is 12.4. The van der Waals surface area contributed by atoms with E-state index in [1.807, 2.05) is 57.2 Å². The number of ether oxygens (including phenoxy) is 2. The summed E-state index contributed by atoms with van der Waals surface area (Å²) in [5.74, 6) is 0.555. The van der Waals surface area contributed by atoms with Crippen LogP contribution in [0, 0.1) is 11.6 Å². The zero-order valence-electron chi connectivity index (χ0n) is 25.5. The number of piperazine rings is 1. The minimum Gasteiger partial charge on any atom is -0.457 e. The van der Waals surface area contributed by atoms with Crippen molar-refractivity contribution in [3.05, 3.63) is 131 Å². The summed E-state index contributed by atoms with van der Waals surface area (Å²) in [4.78, 5) is 14.1. The number of hydrogen-bond donors (Lipinski definition) is 0. The molecule has 0 atom stereocenters. The molecule has 2 aliphatic heterocycles. The van der Waals surface area contributed by atoms with Gasteiger partial charge in [0.05, 0.1) is 13.1 Å². The Hall–Kier alpha value is -4.74. The summed E-state index contributed by atoms with van der Waals surface area (Å²) in [5, 5.41) is 0. The maximum absolute atomic E-state index is 13.5. The maximum atomic E-state index is 13.5. The number of amides is 1. The van der Waals surface area contributed by atoms with Crippen LogP contribution in [-0.2, 0) is 9.47 Å². The second kappa shape index (κ2) is 14.6. The first-order valence-corrected chi connectivity index (χ1v) is 14.5. The van der Waals surface area contributed by atoms with Gasteiger partial charge in [0.25, 0.3) is 0 Å². The average Bonchev–Trinajstić information content (AvgIpc) is 2.99. The molecule has 46 heavy (non-hydrogen) atoms. The lowest BCUT2D eigenvalue weighted by atomic mass is 10.00. The molecular weight excluding hydrogens is 609 g/mol. The molecule has 2 heterocycles. The van der Waals surface area contributed by atoms with E-state index in [0.29, 0.717) is 24.6 Å². The number of rotatable bonds is 3. The van der Waals surface area contributed by atoms with Crippen molar-refractivity contribution in [1.82, 2.24) is 4.90 Å². The molecule has 0 unspecified atom stereocenters. The fourth-order valence-electron chi connectivity index (χ4n) is 4.62. The van der Waals surface area contributed by atoms with Gasteiger partial charge in [0.2, 0.25) is 0 Å². The number of carbonyl (C=O) groups is 1. The molecule has 1 amide bonds. The minimum atomic E-state index is -6.00. The third-order valence-corrected chi connectivity index (χ3v) is 6.75. The van der Waals surface area contributed by atoms with Gasteiger partial charge in [-0.3, -0.25) is 4.90 Å². The van der Waals surface area contributed by atoms with Crippen molar-refractivity contribution in [2.75, 3.05) is 26.2 Å². The quantitative estimate of drug-likeness (QED) is 0.192. The zero-order valence-corrected chi connectivity index (χ0v) is 25.5. The van der Waals surface area contributed by atoms with Crippen molar-refractivity contribution in [1.29, 1.82) is 0 Å². The van der Waals surface area contributed by atoms with E-state index in [-0.39, 0.29) is 17.7 Å². The predicted octanol–water partition coefficient (Wildman–Crippen LogP) is 8.36. The SMILES string of the molecule is CC(C)(C)OC(=O)N1CC[N+](=C2C=CC(=C/C=C3\C=C(c4ccc(F)cc4)C=C(c4ccc(F)cc4)O3)C=C2)CC1.F[B-](F)(F)F. The molecule has 2 aromatic carbocycles. The molecule has 1 saturated heterocycles. The molecule has 3 aliphatic rings. The molecule has 0 N–H and O–H groups in total. The Morgan fingerprint density at radius 2 is 1.35 bits per heavy atom. The van der Waals surface area contributed by atoms with Crippen molar-refractivity contribution >= 4 is 30.4 Å². The molecule has 1 aliphatic carbocycles. The molecular formula is C34H33BF6N2O3. The van der Waals surface area contributed by atoms with Crippen LogP contribution < -0.4 is 0 Å². The van der Waals surface area contributed by atoms with Crippen LogP contribution in [-0.4, -0.2) is 60.3 Å². The first-order chi connectivity index (χ1) is 21.6. The average molecular weight is 642 g/mol. The highest BCUT2D eigenvalue weighted by Crippen LogP contribution is 2.32. The Balaban J connectivity index is 0.000000892. The van der Waals surface area contributed by atoms with Crippen LogP contribution in [0.3, 0.4) is 0 Å². The van der Waals surface area contributed by atoms with Crippen molar-refractivity contribution in [2.45, 2.75) is 26.4 Å². The fourth-order valence-corrected chi connectivity index (χ4v) is 4.62. The van der Waals surface area contributed by atoms with E-state index in [9.17, 15) is 30.8 Å². The van der Waals surface area contributed by atoms with Crippen LogP contribution in [0.15, 0.2) is 108 Å². The Morgan fingerprint density at radius 3 is 1.87 bits per heavy atom. The number of allylic oxidation sites excluding steroid dienone is 10. The molecule has 1 fully saturated rings.